The lowest BCUT2D eigenvalue weighted by Crippen LogP contribution is -1.99. The molecule has 27 heavy (non-hydrogen) atoms. The highest BCUT2D eigenvalue weighted by Crippen LogP contribution is 2.42. The molecule has 0 saturated carbocycles. The fraction of sp³-hybridized carbons (Fsp3) is 0.286. The van der Waals surface area contributed by atoms with Gasteiger partial charge in [-0.1, -0.05) is 0 Å². The van der Waals surface area contributed by atoms with Gasteiger partial charge in [-0.3, -0.25) is 4.79 Å². The molecular weight excluding hydrogens is 348 g/mol. The zero-order valence-electron chi connectivity index (χ0n) is 16.0. The lowest BCUT2D eigenvalue weighted by Gasteiger charge is -2.14. The summed E-state index contributed by atoms with van der Waals surface area (Å²) < 4.78 is 26.9. The van der Waals surface area contributed by atoms with Crippen molar-refractivity contribution in [2.75, 3.05) is 35.5 Å². The van der Waals surface area contributed by atoms with Gasteiger partial charge in [0.25, 0.3) is 0 Å². The van der Waals surface area contributed by atoms with Crippen LogP contribution in [0.2, 0.25) is 0 Å². The minimum absolute atomic E-state index is 0.0391. The third-order valence-electron chi connectivity index (χ3n) is 4.59. The summed E-state index contributed by atoms with van der Waals surface area (Å²) in [6.45, 7) is 0. The molecule has 2 aromatic carbocycles. The van der Waals surface area contributed by atoms with Crippen LogP contribution in [0.4, 0.5) is 0 Å². The van der Waals surface area contributed by atoms with Crippen LogP contribution in [0.5, 0.6) is 28.7 Å². The van der Waals surface area contributed by atoms with Crippen LogP contribution >= 0.6 is 0 Å². The van der Waals surface area contributed by atoms with Gasteiger partial charge in [-0.2, -0.15) is 0 Å². The standard InChI is InChI=1S/C21H22O6/c1-23-16-7-6-12(20(26-4)21(16)27-5)8-14-9-13-10-17(24-2)18(25-3)11-15(13)19(14)22/h6-8,10-11H,9H2,1-5H3. The Morgan fingerprint density at radius 3 is 2.00 bits per heavy atom. The van der Waals surface area contributed by atoms with Gasteiger partial charge in [0.05, 0.1) is 35.5 Å². The van der Waals surface area contributed by atoms with Crippen LogP contribution in [0.15, 0.2) is 29.8 Å². The zero-order chi connectivity index (χ0) is 19.6. The molecule has 0 atom stereocenters. The van der Waals surface area contributed by atoms with Gasteiger partial charge in [0.1, 0.15) is 0 Å². The summed E-state index contributed by atoms with van der Waals surface area (Å²) in [5.41, 5.74) is 2.93. The molecule has 0 unspecified atom stereocenters. The van der Waals surface area contributed by atoms with Crippen molar-refractivity contribution in [2.45, 2.75) is 6.42 Å². The van der Waals surface area contributed by atoms with E-state index < -0.39 is 0 Å². The van der Waals surface area contributed by atoms with E-state index in [0.717, 1.165) is 11.1 Å². The van der Waals surface area contributed by atoms with Gasteiger partial charge in [-0.05, 0) is 35.9 Å². The van der Waals surface area contributed by atoms with Crippen molar-refractivity contribution >= 4 is 11.9 Å². The number of carbonyl (C=O) groups excluding carboxylic acids is 1. The van der Waals surface area contributed by atoms with Crippen molar-refractivity contribution < 1.29 is 28.5 Å². The van der Waals surface area contributed by atoms with Crippen LogP contribution in [0, 0.1) is 0 Å². The van der Waals surface area contributed by atoms with Crippen LogP contribution in [0.3, 0.4) is 0 Å². The summed E-state index contributed by atoms with van der Waals surface area (Å²) in [6.07, 6.45) is 2.33. The second-order valence-electron chi connectivity index (χ2n) is 5.96. The van der Waals surface area contributed by atoms with Gasteiger partial charge >= 0.3 is 0 Å². The van der Waals surface area contributed by atoms with E-state index >= 15 is 0 Å². The first-order valence-corrected chi connectivity index (χ1v) is 8.37. The van der Waals surface area contributed by atoms with E-state index in [4.69, 9.17) is 23.7 Å². The summed E-state index contributed by atoms with van der Waals surface area (Å²) in [7, 11) is 7.79. The molecule has 0 N–H and O–H groups in total. The number of carbonyl (C=O) groups is 1. The number of rotatable bonds is 6. The molecule has 0 heterocycles. The number of methoxy groups -OCH3 is 5. The minimum atomic E-state index is -0.0391. The second kappa shape index (κ2) is 7.61. The van der Waals surface area contributed by atoms with Crippen LogP contribution in [-0.2, 0) is 6.42 Å². The van der Waals surface area contributed by atoms with Crippen molar-refractivity contribution in [3.05, 3.63) is 46.5 Å². The van der Waals surface area contributed by atoms with Crippen LogP contribution in [-0.4, -0.2) is 41.3 Å². The van der Waals surface area contributed by atoms with Crippen molar-refractivity contribution in [3.63, 3.8) is 0 Å². The molecule has 6 nitrogen and oxygen atoms in total. The number of ketones is 1. The maximum Gasteiger partial charge on any atom is 0.203 e. The second-order valence-corrected chi connectivity index (χ2v) is 5.96. The third-order valence-corrected chi connectivity index (χ3v) is 4.59. The van der Waals surface area contributed by atoms with Gasteiger partial charge in [0.2, 0.25) is 5.75 Å². The van der Waals surface area contributed by atoms with Gasteiger partial charge in [0, 0.05) is 23.1 Å². The fourth-order valence-corrected chi connectivity index (χ4v) is 3.28. The van der Waals surface area contributed by atoms with Gasteiger partial charge < -0.3 is 23.7 Å². The molecule has 0 fully saturated rings. The maximum atomic E-state index is 12.9. The average molecular weight is 370 g/mol. The summed E-state index contributed by atoms with van der Waals surface area (Å²) in [4.78, 5) is 12.9. The van der Waals surface area contributed by atoms with Crippen molar-refractivity contribution in [3.8, 4) is 28.7 Å². The van der Waals surface area contributed by atoms with E-state index in [1.807, 2.05) is 18.2 Å². The Kier molecular flexibility index (Phi) is 5.26. The Morgan fingerprint density at radius 1 is 0.778 bits per heavy atom. The van der Waals surface area contributed by atoms with E-state index in [2.05, 4.69) is 0 Å². The predicted octanol–water partition coefficient (Wildman–Crippen LogP) is 3.55. The number of allylic oxidation sites excluding steroid dienone is 1. The van der Waals surface area contributed by atoms with Crippen molar-refractivity contribution in [1.82, 2.24) is 0 Å². The Hall–Kier alpha value is -3.15. The average Bonchev–Trinajstić information content (AvgIpc) is 3.00. The molecule has 0 bridgehead atoms. The number of hydrogen-bond donors (Lipinski definition) is 0. The van der Waals surface area contributed by atoms with Gasteiger partial charge in [-0.15, -0.1) is 0 Å². The number of hydrogen-bond acceptors (Lipinski definition) is 6. The number of fused-ring (bicyclic) bond motifs is 1. The largest absolute Gasteiger partial charge is 0.493 e. The first-order valence-electron chi connectivity index (χ1n) is 8.37. The van der Waals surface area contributed by atoms with Crippen LogP contribution < -0.4 is 23.7 Å². The summed E-state index contributed by atoms with van der Waals surface area (Å²) in [5.74, 6) is 2.67. The Balaban J connectivity index is 2.05. The van der Waals surface area contributed by atoms with Crippen molar-refractivity contribution in [1.29, 1.82) is 0 Å². The van der Waals surface area contributed by atoms with E-state index in [1.54, 1.807) is 47.7 Å². The molecular formula is C21H22O6. The van der Waals surface area contributed by atoms with E-state index in [-0.39, 0.29) is 5.78 Å². The number of ether oxygens (including phenoxy) is 5. The smallest absolute Gasteiger partial charge is 0.203 e. The van der Waals surface area contributed by atoms with Crippen LogP contribution in [0.1, 0.15) is 21.5 Å². The summed E-state index contributed by atoms with van der Waals surface area (Å²) in [5, 5.41) is 0. The van der Waals surface area contributed by atoms with Gasteiger partial charge in [0.15, 0.2) is 28.8 Å². The third kappa shape index (κ3) is 3.18. The number of benzene rings is 2. The normalized spacial score (nSPS) is 14.1. The molecule has 1 aliphatic rings. The Morgan fingerprint density at radius 2 is 1.41 bits per heavy atom. The molecule has 0 radical (unpaired) electrons. The van der Waals surface area contributed by atoms with E-state index in [1.165, 1.54) is 0 Å². The van der Waals surface area contributed by atoms with E-state index in [0.29, 0.717) is 46.3 Å². The van der Waals surface area contributed by atoms with Crippen molar-refractivity contribution in [2.24, 2.45) is 0 Å². The lowest BCUT2D eigenvalue weighted by molar-refractivity contribution is 0.104. The first kappa shape index (κ1) is 18.6. The molecule has 6 heteroatoms. The maximum absolute atomic E-state index is 12.9. The topological polar surface area (TPSA) is 63.2 Å². The van der Waals surface area contributed by atoms with Gasteiger partial charge in [-0.25, -0.2) is 0 Å². The molecule has 1 aliphatic carbocycles. The molecule has 0 amide bonds. The summed E-state index contributed by atoms with van der Waals surface area (Å²) in [6, 6.07) is 7.19. The number of Topliss-reactive ketones (excluding diaryl/α,β-unsaturated/α-hetero) is 1. The first-order chi connectivity index (χ1) is 13.1. The minimum Gasteiger partial charge on any atom is -0.493 e. The van der Waals surface area contributed by atoms with E-state index in [9.17, 15) is 4.79 Å². The lowest BCUT2D eigenvalue weighted by atomic mass is 10.1. The highest BCUT2D eigenvalue weighted by atomic mass is 16.5. The molecule has 0 saturated heterocycles. The Labute approximate surface area is 158 Å². The molecule has 0 spiro atoms. The molecule has 3 rings (SSSR count). The zero-order valence-corrected chi connectivity index (χ0v) is 16.0. The van der Waals surface area contributed by atoms with Crippen LogP contribution in [0.25, 0.3) is 6.08 Å². The monoisotopic (exact) mass is 370 g/mol. The molecule has 2 aromatic rings. The quantitative estimate of drug-likeness (QED) is 0.725. The predicted molar refractivity (Wildman–Crippen MR) is 102 cm³/mol. The summed E-state index contributed by atoms with van der Waals surface area (Å²) >= 11 is 0. The highest BCUT2D eigenvalue weighted by molar-refractivity contribution is 6.16. The molecule has 142 valence electrons. The molecule has 0 aliphatic heterocycles. The molecule has 0 aromatic heterocycles. The SMILES string of the molecule is COc1cc2c(cc1OC)C(=O)C(=Cc1ccc(OC)c(OC)c1OC)C2. The highest BCUT2D eigenvalue weighted by Gasteiger charge is 2.28. The fourth-order valence-electron chi connectivity index (χ4n) is 3.28. The Bertz CT molecular complexity index is 913.